The van der Waals surface area contributed by atoms with Crippen LogP contribution in [-0.4, -0.2) is 70.6 Å². The van der Waals surface area contributed by atoms with Crippen LogP contribution in [0.1, 0.15) is 34.0 Å². The predicted octanol–water partition coefficient (Wildman–Crippen LogP) is 4.89. The number of amides is 1. The van der Waals surface area contributed by atoms with Gasteiger partial charge in [0.05, 0.1) is 28.7 Å². The molecule has 1 aliphatic heterocycles. The van der Waals surface area contributed by atoms with E-state index in [0.717, 1.165) is 4.68 Å². The van der Waals surface area contributed by atoms with Crippen LogP contribution in [0.5, 0.6) is 0 Å². The van der Waals surface area contributed by atoms with Crippen LogP contribution < -0.4 is 10.6 Å². The monoisotopic (exact) mass is 548 g/mol. The van der Waals surface area contributed by atoms with Gasteiger partial charge in [-0.25, -0.2) is 13.8 Å². The fourth-order valence-corrected chi connectivity index (χ4v) is 4.59. The van der Waals surface area contributed by atoms with Crippen LogP contribution in [0.3, 0.4) is 0 Å². The van der Waals surface area contributed by atoms with Crippen molar-refractivity contribution in [2.24, 2.45) is 7.05 Å². The zero-order valence-corrected chi connectivity index (χ0v) is 21.7. The highest BCUT2D eigenvalue weighted by Gasteiger charge is 2.35. The summed E-state index contributed by atoms with van der Waals surface area (Å²) in [6, 6.07) is 5.88. The summed E-state index contributed by atoms with van der Waals surface area (Å²) in [6.07, 6.45) is -2.41. The number of piperidine rings is 1. The van der Waals surface area contributed by atoms with Crippen molar-refractivity contribution >= 4 is 34.0 Å². The van der Waals surface area contributed by atoms with Gasteiger partial charge < -0.3 is 15.5 Å². The molecule has 3 aromatic rings. The van der Waals surface area contributed by atoms with Crippen molar-refractivity contribution in [3.8, 4) is 0 Å². The van der Waals surface area contributed by atoms with E-state index in [1.54, 1.807) is 18.2 Å². The van der Waals surface area contributed by atoms with Gasteiger partial charge in [0, 0.05) is 43.1 Å². The summed E-state index contributed by atoms with van der Waals surface area (Å²) in [5, 5.41) is 10.2. The number of carbonyl (C=O) groups is 1. The van der Waals surface area contributed by atoms with E-state index in [4.69, 9.17) is 0 Å². The highest BCUT2D eigenvalue weighted by atomic mass is 19.4. The molecular weight excluding hydrogens is 519 g/mol. The number of hydrogen-bond acceptors (Lipinski definition) is 5. The van der Waals surface area contributed by atoms with Crippen molar-refractivity contribution in [2.75, 3.05) is 32.0 Å². The normalized spacial score (nSPS) is 18.6. The molecule has 39 heavy (non-hydrogen) atoms. The molecule has 1 saturated heterocycles. The van der Waals surface area contributed by atoms with E-state index >= 15 is 0 Å². The van der Waals surface area contributed by atoms with E-state index < -0.39 is 35.7 Å². The molecule has 2 aromatic heterocycles. The number of aromatic nitrogens is 3. The van der Waals surface area contributed by atoms with Gasteiger partial charge in [0.2, 0.25) is 0 Å². The number of halogens is 5. The standard InChI is InChI=1S/C27H29F5N6O/c1-15(27(30,31)32)24-18-8-5-9-21(35-22-10-12-37(3)14-20(22)28)19(18)13-17(34-24)7-6-11-33-26(39)25-23(29)16(2)36-38(25)4/h5-9,13,20,22,35H,1,10-12,14H2,2-4H3,(H,33,39)/b7-6+/t20-,22+/m0/s1. The number of nitrogens with zero attached hydrogens (tertiary/aromatic N) is 4. The van der Waals surface area contributed by atoms with Gasteiger partial charge >= 0.3 is 6.18 Å². The van der Waals surface area contributed by atoms with Crippen LogP contribution in [-0.2, 0) is 7.05 Å². The third kappa shape index (κ3) is 6.11. The highest BCUT2D eigenvalue weighted by molar-refractivity contribution is 6.01. The van der Waals surface area contributed by atoms with Gasteiger partial charge in [-0.15, -0.1) is 0 Å². The first-order valence-corrected chi connectivity index (χ1v) is 12.3. The third-order valence-corrected chi connectivity index (χ3v) is 6.64. The molecule has 1 amide bonds. The lowest BCUT2D eigenvalue weighted by atomic mass is 9.99. The third-order valence-electron chi connectivity index (χ3n) is 6.64. The number of pyridine rings is 1. The zero-order valence-electron chi connectivity index (χ0n) is 21.7. The molecule has 0 spiro atoms. The number of anilines is 1. The molecule has 0 unspecified atom stereocenters. The molecule has 12 heteroatoms. The van der Waals surface area contributed by atoms with Crippen molar-refractivity contribution in [2.45, 2.75) is 31.7 Å². The molecule has 0 aliphatic carbocycles. The van der Waals surface area contributed by atoms with Crippen LogP contribution in [0, 0.1) is 12.7 Å². The molecule has 7 nitrogen and oxygen atoms in total. The second-order valence-corrected chi connectivity index (χ2v) is 9.57. The Morgan fingerprint density at radius 3 is 2.64 bits per heavy atom. The second kappa shape index (κ2) is 11.1. The Morgan fingerprint density at radius 2 is 2.00 bits per heavy atom. The summed E-state index contributed by atoms with van der Waals surface area (Å²) >= 11 is 0. The minimum absolute atomic E-state index is 0.0449. The molecule has 2 N–H and O–H groups in total. The van der Waals surface area contributed by atoms with Crippen LogP contribution in [0.25, 0.3) is 22.4 Å². The first-order valence-electron chi connectivity index (χ1n) is 12.3. The van der Waals surface area contributed by atoms with Gasteiger partial charge in [0.1, 0.15) is 6.17 Å². The number of allylic oxidation sites excluding steroid dienone is 1. The van der Waals surface area contributed by atoms with Crippen molar-refractivity contribution in [3.05, 3.63) is 65.5 Å². The minimum atomic E-state index is -4.72. The number of likely N-dealkylation sites (tertiary alicyclic amines) is 1. The van der Waals surface area contributed by atoms with Gasteiger partial charge in [-0.2, -0.15) is 18.3 Å². The highest BCUT2D eigenvalue weighted by Crippen LogP contribution is 2.37. The number of fused-ring (bicyclic) bond motifs is 1. The molecule has 0 radical (unpaired) electrons. The first-order chi connectivity index (χ1) is 18.4. The maximum absolute atomic E-state index is 14.7. The van der Waals surface area contributed by atoms with Crippen molar-refractivity contribution in [3.63, 3.8) is 0 Å². The van der Waals surface area contributed by atoms with Crippen molar-refractivity contribution in [1.29, 1.82) is 0 Å². The van der Waals surface area contributed by atoms with E-state index in [1.807, 2.05) is 11.9 Å². The zero-order chi connectivity index (χ0) is 28.5. The van der Waals surface area contributed by atoms with Gasteiger partial charge in [0.15, 0.2) is 11.5 Å². The second-order valence-electron chi connectivity index (χ2n) is 9.57. The summed E-state index contributed by atoms with van der Waals surface area (Å²) in [4.78, 5) is 18.4. The number of alkyl halides is 4. The number of hydrogen-bond donors (Lipinski definition) is 2. The van der Waals surface area contributed by atoms with Gasteiger partial charge in [-0.05, 0) is 38.6 Å². The van der Waals surface area contributed by atoms with E-state index in [1.165, 1.54) is 32.2 Å². The predicted molar refractivity (Wildman–Crippen MR) is 141 cm³/mol. The molecule has 4 rings (SSSR count). The molecule has 1 fully saturated rings. The molecule has 1 aliphatic rings. The summed E-state index contributed by atoms with van der Waals surface area (Å²) in [7, 11) is 3.27. The molecule has 2 atom stereocenters. The summed E-state index contributed by atoms with van der Waals surface area (Å²) < 4.78 is 71.0. The summed E-state index contributed by atoms with van der Waals surface area (Å²) in [5.41, 5.74) is -0.954. The Kier molecular flexibility index (Phi) is 8.05. The quantitative estimate of drug-likeness (QED) is 0.412. The van der Waals surface area contributed by atoms with Crippen LogP contribution >= 0.6 is 0 Å². The first kappa shape index (κ1) is 28.2. The van der Waals surface area contributed by atoms with E-state index in [2.05, 4.69) is 27.3 Å². The van der Waals surface area contributed by atoms with Crippen molar-refractivity contribution < 1.29 is 26.7 Å². The van der Waals surface area contributed by atoms with Crippen molar-refractivity contribution in [1.82, 2.24) is 25.0 Å². The smallest absolute Gasteiger partial charge is 0.379 e. The fourth-order valence-electron chi connectivity index (χ4n) is 4.59. The Balaban J connectivity index is 1.64. The molecule has 0 saturated carbocycles. The number of benzene rings is 1. The lowest BCUT2D eigenvalue weighted by Crippen LogP contribution is -2.46. The van der Waals surface area contributed by atoms with Crippen LogP contribution in [0.15, 0.2) is 36.9 Å². The molecule has 3 heterocycles. The van der Waals surface area contributed by atoms with Gasteiger partial charge in [-0.3, -0.25) is 9.48 Å². The van der Waals surface area contributed by atoms with E-state index in [-0.39, 0.29) is 41.3 Å². The average molecular weight is 549 g/mol. The average Bonchev–Trinajstić information content (AvgIpc) is 3.13. The van der Waals surface area contributed by atoms with Crippen LogP contribution in [0.2, 0.25) is 0 Å². The number of nitrogens with one attached hydrogen (secondary N) is 2. The maximum atomic E-state index is 14.7. The number of aryl methyl sites for hydroxylation is 2. The molecule has 0 bridgehead atoms. The van der Waals surface area contributed by atoms with E-state index in [0.29, 0.717) is 24.0 Å². The van der Waals surface area contributed by atoms with E-state index in [9.17, 15) is 26.7 Å². The minimum Gasteiger partial charge on any atom is -0.379 e. The Bertz CT molecular complexity index is 1430. The summed E-state index contributed by atoms with van der Waals surface area (Å²) in [5.74, 6) is -1.42. The largest absolute Gasteiger partial charge is 0.417 e. The lowest BCUT2D eigenvalue weighted by molar-refractivity contribution is -0.0688. The van der Waals surface area contributed by atoms with Gasteiger partial charge in [0.25, 0.3) is 5.91 Å². The molecular formula is C27H29F5N6O. The fraction of sp³-hybridized carbons (Fsp3) is 0.370. The Hall–Kier alpha value is -3.80. The maximum Gasteiger partial charge on any atom is 0.417 e. The van der Waals surface area contributed by atoms with Crippen LogP contribution in [0.4, 0.5) is 27.6 Å². The lowest BCUT2D eigenvalue weighted by Gasteiger charge is -2.33. The SMILES string of the molecule is C=C(c1nc(/C=C/CNC(=O)c2c(F)c(C)nn2C)cc2c(N[C@@H]3CCN(C)C[C@@H]3F)cccc12)C(F)(F)F. The molecule has 208 valence electrons. The van der Waals surface area contributed by atoms with Gasteiger partial charge in [-0.1, -0.05) is 24.8 Å². The topological polar surface area (TPSA) is 75.1 Å². The number of rotatable bonds is 7. The summed E-state index contributed by atoms with van der Waals surface area (Å²) in [6.45, 7) is 5.55. The Labute approximate surface area is 222 Å². The molecule has 1 aromatic carbocycles. The Morgan fingerprint density at radius 1 is 1.26 bits per heavy atom. The number of carbonyl (C=O) groups excluding carboxylic acids is 1.